The number of hydrogen-bond donors (Lipinski definition) is 1. The Kier molecular flexibility index (Phi) is 6.83. The molecule has 44 heavy (non-hydrogen) atoms. The van der Waals surface area contributed by atoms with Gasteiger partial charge in [0.1, 0.15) is 0 Å². The van der Waals surface area contributed by atoms with E-state index in [1.54, 1.807) is 0 Å². The summed E-state index contributed by atoms with van der Waals surface area (Å²) in [5.41, 5.74) is 30.2. The zero-order chi connectivity index (χ0) is 31.1. The van der Waals surface area contributed by atoms with Crippen LogP contribution in [0.5, 0.6) is 0 Å². The topological polar surface area (TPSA) is 26.0 Å². The summed E-state index contributed by atoms with van der Waals surface area (Å²) in [4.78, 5) is 0. The summed E-state index contributed by atoms with van der Waals surface area (Å²) >= 11 is 0. The fraction of sp³-hybridized carbons (Fsp3) is 0.268. The van der Waals surface area contributed by atoms with Crippen molar-refractivity contribution >= 4 is 46.4 Å². The monoisotopic (exact) mass is 571 g/mol. The maximum Gasteiger partial charge on any atom is 0.243 e. The third-order valence-corrected chi connectivity index (χ3v) is 10.8. The van der Waals surface area contributed by atoms with Crippen LogP contribution >= 0.6 is 0 Å². The lowest BCUT2D eigenvalue weighted by molar-refractivity contribution is 0.477. The molecule has 0 bridgehead atoms. The van der Waals surface area contributed by atoms with Crippen molar-refractivity contribution < 1.29 is 0 Å². The minimum Gasteiger partial charge on any atom is -0.322 e. The molecular formula is C41H43B2N. The molecule has 4 aromatic rings. The van der Waals surface area contributed by atoms with Crippen LogP contribution in [-0.2, 0) is 5.54 Å². The molecule has 1 unspecified atom stereocenters. The highest BCUT2D eigenvalue weighted by molar-refractivity contribution is 6.97. The van der Waals surface area contributed by atoms with Gasteiger partial charge in [-0.25, -0.2) is 0 Å². The fourth-order valence-electron chi connectivity index (χ4n) is 8.68. The molecule has 1 nitrogen and oxygen atoms in total. The van der Waals surface area contributed by atoms with Crippen LogP contribution < -0.4 is 27.6 Å². The van der Waals surface area contributed by atoms with Gasteiger partial charge in [-0.15, -0.1) is 0 Å². The van der Waals surface area contributed by atoms with Gasteiger partial charge in [0, 0.05) is 5.54 Å². The van der Waals surface area contributed by atoms with Gasteiger partial charge in [0.15, 0.2) is 0 Å². The largest absolute Gasteiger partial charge is 0.322 e. The van der Waals surface area contributed by atoms with Crippen LogP contribution in [0.3, 0.4) is 0 Å². The molecule has 1 atom stereocenters. The third kappa shape index (κ3) is 4.35. The fourth-order valence-corrected chi connectivity index (χ4v) is 8.68. The van der Waals surface area contributed by atoms with Crippen LogP contribution in [-0.4, -0.2) is 13.4 Å². The smallest absolute Gasteiger partial charge is 0.243 e. The van der Waals surface area contributed by atoms with Crippen LogP contribution in [0.1, 0.15) is 76.8 Å². The predicted octanol–water partition coefficient (Wildman–Crippen LogP) is 6.61. The Morgan fingerprint density at radius 3 is 1.91 bits per heavy atom. The standard InChI is InChI=1S/C41H43B2N/c1-9-41(8,44)30-14-15-32-33-16-17-36-34(23-38(33)43(37(32)22-30)40-28(6)20-25(3)21-29(40)7)31-12-10-11-13-35(31)42(36)39-26(4)18-24(2)19-27(39)5/h10-15,17-23H,9,16,44H2,1-8H3. The van der Waals surface area contributed by atoms with Crippen molar-refractivity contribution in [1.82, 2.24) is 0 Å². The van der Waals surface area contributed by atoms with Crippen molar-refractivity contribution in [2.24, 2.45) is 5.73 Å². The second-order valence-corrected chi connectivity index (χ2v) is 14.0. The van der Waals surface area contributed by atoms with E-state index in [2.05, 4.69) is 134 Å². The van der Waals surface area contributed by atoms with E-state index in [0.717, 1.165) is 12.8 Å². The number of allylic oxidation sites excluding steroid dienone is 6. The van der Waals surface area contributed by atoms with Crippen molar-refractivity contribution in [2.75, 3.05) is 0 Å². The summed E-state index contributed by atoms with van der Waals surface area (Å²) in [6.45, 7) is 18.4. The Labute approximate surface area is 265 Å². The molecule has 2 N–H and O–H groups in total. The molecule has 1 aliphatic carbocycles. The van der Waals surface area contributed by atoms with Gasteiger partial charge in [-0.2, -0.15) is 0 Å². The Morgan fingerprint density at radius 1 is 0.705 bits per heavy atom. The second-order valence-electron chi connectivity index (χ2n) is 14.0. The van der Waals surface area contributed by atoms with Gasteiger partial charge in [0.2, 0.25) is 13.4 Å². The van der Waals surface area contributed by atoms with E-state index in [4.69, 9.17) is 5.73 Å². The minimum atomic E-state index is -0.357. The summed E-state index contributed by atoms with van der Waals surface area (Å²) in [5.74, 6) is 0. The van der Waals surface area contributed by atoms with Gasteiger partial charge in [-0.1, -0.05) is 152 Å². The van der Waals surface area contributed by atoms with Crippen LogP contribution in [0, 0.1) is 41.5 Å². The highest BCUT2D eigenvalue weighted by Crippen LogP contribution is 2.42. The summed E-state index contributed by atoms with van der Waals surface area (Å²) < 4.78 is 0. The molecule has 2 heterocycles. The van der Waals surface area contributed by atoms with Gasteiger partial charge in [0.05, 0.1) is 0 Å². The van der Waals surface area contributed by atoms with Gasteiger partial charge in [-0.05, 0) is 89.1 Å². The van der Waals surface area contributed by atoms with Crippen LogP contribution in [0.15, 0.2) is 89.8 Å². The lowest BCUT2D eigenvalue weighted by Gasteiger charge is -2.26. The maximum atomic E-state index is 6.86. The molecule has 3 heteroatoms. The van der Waals surface area contributed by atoms with E-state index in [0.29, 0.717) is 0 Å². The Bertz CT molecular complexity index is 1920. The molecular weight excluding hydrogens is 528 g/mol. The molecule has 0 spiro atoms. The summed E-state index contributed by atoms with van der Waals surface area (Å²) in [6, 6.07) is 25.7. The van der Waals surface area contributed by atoms with Crippen molar-refractivity contribution in [2.45, 2.75) is 73.8 Å². The molecule has 0 saturated heterocycles. The van der Waals surface area contributed by atoms with E-state index >= 15 is 0 Å². The van der Waals surface area contributed by atoms with Crippen molar-refractivity contribution in [1.29, 1.82) is 0 Å². The Balaban J connectivity index is 1.48. The van der Waals surface area contributed by atoms with Gasteiger partial charge in [0.25, 0.3) is 0 Å². The lowest BCUT2D eigenvalue weighted by atomic mass is 9.36. The molecule has 0 amide bonds. The van der Waals surface area contributed by atoms with Crippen molar-refractivity contribution in [3.8, 4) is 0 Å². The van der Waals surface area contributed by atoms with Gasteiger partial charge < -0.3 is 5.73 Å². The van der Waals surface area contributed by atoms with Crippen molar-refractivity contribution in [3.63, 3.8) is 0 Å². The minimum absolute atomic E-state index is 0.183. The van der Waals surface area contributed by atoms with E-state index < -0.39 is 0 Å². The average molecular weight is 571 g/mol. The molecule has 0 fully saturated rings. The highest BCUT2D eigenvalue weighted by Gasteiger charge is 2.42. The first-order valence-electron chi connectivity index (χ1n) is 16.3. The summed E-state index contributed by atoms with van der Waals surface area (Å²) in [7, 11) is 0. The predicted molar refractivity (Wildman–Crippen MR) is 194 cm³/mol. The van der Waals surface area contributed by atoms with Crippen LogP contribution in [0.2, 0.25) is 0 Å². The zero-order valence-corrected chi connectivity index (χ0v) is 27.7. The highest BCUT2D eigenvalue weighted by atomic mass is 14.7. The normalized spacial score (nSPS) is 16.6. The van der Waals surface area contributed by atoms with E-state index in [1.165, 1.54) is 94.0 Å². The molecule has 0 saturated carbocycles. The Morgan fingerprint density at radius 2 is 1.30 bits per heavy atom. The van der Waals surface area contributed by atoms with E-state index in [1.807, 2.05) is 0 Å². The molecule has 0 aromatic heterocycles. The number of aryl methyl sites for hydroxylation is 6. The Hall–Kier alpha value is -3.81. The number of rotatable bonds is 4. The number of benzene rings is 4. The van der Waals surface area contributed by atoms with Gasteiger partial charge in [-0.3, -0.25) is 0 Å². The van der Waals surface area contributed by atoms with Gasteiger partial charge >= 0.3 is 0 Å². The molecule has 7 rings (SSSR count). The second kappa shape index (κ2) is 10.4. The zero-order valence-electron chi connectivity index (χ0n) is 27.7. The third-order valence-electron chi connectivity index (χ3n) is 10.8. The summed E-state index contributed by atoms with van der Waals surface area (Å²) in [6.07, 6.45) is 6.97. The molecule has 0 radical (unpaired) electrons. The first-order valence-corrected chi connectivity index (χ1v) is 16.3. The number of nitrogens with two attached hydrogens (primary N) is 1. The van der Waals surface area contributed by atoms with E-state index in [-0.39, 0.29) is 19.0 Å². The van der Waals surface area contributed by atoms with E-state index in [9.17, 15) is 0 Å². The first-order chi connectivity index (χ1) is 21.0. The summed E-state index contributed by atoms with van der Waals surface area (Å²) in [5, 5.41) is 0. The first kappa shape index (κ1) is 28.9. The maximum absolute atomic E-state index is 6.86. The quantitative estimate of drug-likeness (QED) is 0.274. The average Bonchev–Trinajstić information content (AvgIpc) is 3.34. The SMILES string of the molecule is CCC(C)(N)c1ccc2c(c1)B(c1c(C)cc(C)cc1C)C1=C2CC=C2B(c3c(C)cc(C)cc3C)c3ccccc3C2=C1. The molecule has 4 aromatic carbocycles. The molecule has 3 aliphatic rings. The van der Waals surface area contributed by atoms with Crippen LogP contribution in [0.25, 0.3) is 11.1 Å². The molecule has 218 valence electrons. The van der Waals surface area contributed by atoms with Crippen LogP contribution in [0.4, 0.5) is 0 Å². The number of fused-ring (bicyclic) bond motifs is 5. The number of hydrogen-bond acceptors (Lipinski definition) is 1. The molecule has 2 aliphatic heterocycles. The lowest BCUT2D eigenvalue weighted by Crippen LogP contribution is -2.46. The van der Waals surface area contributed by atoms with Crippen molar-refractivity contribution in [3.05, 3.63) is 140 Å².